The molecule has 1 saturated heterocycles. The molecule has 6 nitrogen and oxygen atoms in total. The molecule has 0 aliphatic carbocycles. The fourth-order valence-electron chi connectivity index (χ4n) is 3.17. The molecule has 1 aliphatic heterocycles. The van der Waals surface area contributed by atoms with Crippen molar-refractivity contribution in [1.82, 2.24) is 19.5 Å². The van der Waals surface area contributed by atoms with Gasteiger partial charge in [-0.3, -0.25) is 0 Å². The van der Waals surface area contributed by atoms with Crippen LogP contribution in [0.25, 0.3) is 10.2 Å². The summed E-state index contributed by atoms with van der Waals surface area (Å²) in [5.41, 5.74) is 1.12. The molecular weight excluding hydrogens is 322 g/mol. The molecule has 2 atom stereocenters. The number of nitrogens with zero attached hydrogens (tertiary/aromatic N) is 4. The van der Waals surface area contributed by atoms with Crippen LogP contribution in [-0.2, 0) is 18.2 Å². The normalized spacial score (nSPS) is 21.2. The van der Waals surface area contributed by atoms with Gasteiger partial charge in [-0.2, -0.15) is 0 Å². The number of hydrogen-bond donors (Lipinski definition) is 1. The van der Waals surface area contributed by atoms with Crippen molar-refractivity contribution in [1.29, 1.82) is 0 Å². The van der Waals surface area contributed by atoms with Crippen LogP contribution in [0.2, 0.25) is 0 Å². The molecule has 0 bridgehead atoms. The zero-order valence-electron chi connectivity index (χ0n) is 13.9. The summed E-state index contributed by atoms with van der Waals surface area (Å²) in [7, 11) is 2.01. The molecule has 4 rings (SSSR count). The van der Waals surface area contributed by atoms with Gasteiger partial charge in [-0.05, 0) is 24.3 Å². The second-order valence-corrected chi connectivity index (χ2v) is 7.03. The number of hydrogen-bond acceptors (Lipinski definition) is 6. The molecule has 0 saturated carbocycles. The van der Waals surface area contributed by atoms with Crippen molar-refractivity contribution >= 4 is 27.4 Å². The van der Waals surface area contributed by atoms with E-state index in [1.165, 1.54) is 0 Å². The summed E-state index contributed by atoms with van der Waals surface area (Å²) >= 11 is 1.67. The Kier molecular flexibility index (Phi) is 4.20. The van der Waals surface area contributed by atoms with Crippen LogP contribution in [0, 0.1) is 0 Å². The highest BCUT2D eigenvalue weighted by Crippen LogP contribution is 2.31. The molecule has 0 unspecified atom stereocenters. The summed E-state index contributed by atoms with van der Waals surface area (Å²) in [6.07, 6.45) is 6.52. The third-order valence-electron chi connectivity index (χ3n) is 4.50. The zero-order valence-corrected chi connectivity index (χ0v) is 14.7. The number of anilines is 1. The lowest BCUT2D eigenvalue weighted by Gasteiger charge is -2.30. The van der Waals surface area contributed by atoms with Crippen molar-refractivity contribution < 1.29 is 4.74 Å². The van der Waals surface area contributed by atoms with E-state index in [1.54, 1.807) is 11.3 Å². The molecule has 3 aromatic rings. The van der Waals surface area contributed by atoms with Crippen LogP contribution >= 0.6 is 11.3 Å². The monoisotopic (exact) mass is 343 g/mol. The SMILES string of the molecule is CCc1nc(N[C@@H]2CCO[C@@H](c3cncn3C)C2)c2ccsc2n1. The Morgan fingerprint density at radius 1 is 1.42 bits per heavy atom. The van der Waals surface area contributed by atoms with E-state index in [0.717, 1.165) is 53.4 Å². The Labute approximate surface area is 144 Å². The second kappa shape index (κ2) is 6.49. The fraction of sp³-hybridized carbons (Fsp3) is 0.471. The van der Waals surface area contributed by atoms with E-state index in [-0.39, 0.29) is 6.10 Å². The number of ether oxygens (including phenoxy) is 1. The second-order valence-electron chi connectivity index (χ2n) is 6.14. The highest BCUT2D eigenvalue weighted by atomic mass is 32.1. The largest absolute Gasteiger partial charge is 0.372 e. The molecule has 1 fully saturated rings. The summed E-state index contributed by atoms with van der Waals surface area (Å²) in [6.45, 7) is 2.83. The summed E-state index contributed by atoms with van der Waals surface area (Å²) < 4.78 is 7.99. The predicted molar refractivity (Wildman–Crippen MR) is 95.3 cm³/mol. The van der Waals surface area contributed by atoms with Gasteiger partial charge in [0.1, 0.15) is 22.6 Å². The first-order valence-corrected chi connectivity index (χ1v) is 9.21. The first kappa shape index (κ1) is 15.5. The lowest BCUT2D eigenvalue weighted by atomic mass is 10.0. The minimum atomic E-state index is 0.0780. The fourth-order valence-corrected chi connectivity index (χ4v) is 3.96. The standard InChI is InChI=1S/C17H21N5OS/c1-3-15-20-16(12-5-7-24-17(12)21-15)19-11-4-6-23-14(8-11)13-9-18-10-22(13)2/h5,7,9-11,14H,3-4,6,8H2,1-2H3,(H,19,20,21)/t11-,14-/m1/s1. The van der Waals surface area contributed by atoms with Gasteiger partial charge in [0.15, 0.2) is 0 Å². The number of rotatable bonds is 4. The van der Waals surface area contributed by atoms with Crippen LogP contribution < -0.4 is 5.32 Å². The van der Waals surface area contributed by atoms with Crippen molar-refractivity contribution in [3.8, 4) is 0 Å². The maximum atomic E-state index is 5.96. The topological polar surface area (TPSA) is 64.9 Å². The van der Waals surface area contributed by atoms with E-state index in [1.807, 2.05) is 24.1 Å². The maximum Gasteiger partial charge on any atom is 0.138 e. The number of aromatic nitrogens is 4. The first-order chi connectivity index (χ1) is 11.7. The Balaban J connectivity index is 1.57. The third kappa shape index (κ3) is 2.89. The quantitative estimate of drug-likeness (QED) is 0.787. The third-order valence-corrected chi connectivity index (χ3v) is 5.30. The van der Waals surface area contributed by atoms with Gasteiger partial charge in [0.05, 0.1) is 23.6 Å². The number of fused-ring (bicyclic) bond motifs is 1. The molecule has 0 spiro atoms. The van der Waals surface area contributed by atoms with Crippen molar-refractivity contribution in [2.24, 2.45) is 7.05 Å². The van der Waals surface area contributed by atoms with Crippen molar-refractivity contribution in [2.75, 3.05) is 11.9 Å². The van der Waals surface area contributed by atoms with Crippen LogP contribution in [0.3, 0.4) is 0 Å². The van der Waals surface area contributed by atoms with Gasteiger partial charge in [0.2, 0.25) is 0 Å². The molecule has 4 heterocycles. The van der Waals surface area contributed by atoms with Gasteiger partial charge >= 0.3 is 0 Å². The highest BCUT2D eigenvalue weighted by Gasteiger charge is 2.26. The Hall–Kier alpha value is -1.99. The molecule has 126 valence electrons. The zero-order chi connectivity index (χ0) is 16.5. The average Bonchev–Trinajstić information content (AvgIpc) is 3.23. The number of thiophene rings is 1. The van der Waals surface area contributed by atoms with Crippen molar-refractivity contribution in [3.05, 3.63) is 35.5 Å². The van der Waals surface area contributed by atoms with Gasteiger partial charge < -0.3 is 14.6 Å². The minimum Gasteiger partial charge on any atom is -0.372 e. The molecule has 0 radical (unpaired) electrons. The highest BCUT2D eigenvalue weighted by molar-refractivity contribution is 7.16. The molecule has 0 aromatic carbocycles. The predicted octanol–water partition coefficient (Wildman–Crippen LogP) is 3.32. The number of nitrogens with one attached hydrogen (secondary N) is 1. The minimum absolute atomic E-state index is 0.0780. The maximum absolute atomic E-state index is 5.96. The lowest BCUT2D eigenvalue weighted by Crippen LogP contribution is -2.31. The van der Waals surface area contributed by atoms with Gasteiger partial charge in [0.25, 0.3) is 0 Å². The van der Waals surface area contributed by atoms with Gasteiger partial charge in [-0.1, -0.05) is 6.92 Å². The summed E-state index contributed by atoms with van der Waals surface area (Å²) in [4.78, 5) is 14.6. The van der Waals surface area contributed by atoms with Gasteiger partial charge in [0, 0.05) is 26.1 Å². The van der Waals surface area contributed by atoms with Crippen molar-refractivity contribution in [2.45, 2.75) is 38.3 Å². The molecule has 24 heavy (non-hydrogen) atoms. The molecule has 3 aromatic heterocycles. The molecule has 7 heteroatoms. The van der Waals surface area contributed by atoms with Crippen molar-refractivity contribution in [3.63, 3.8) is 0 Å². The van der Waals surface area contributed by atoms with E-state index >= 15 is 0 Å². The lowest BCUT2D eigenvalue weighted by molar-refractivity contribution is 0.00556. The number of aryl methyl sites for hydroxylation is 2. The van der Waals surface area contributed by atoms with E-state index < -0.39 is 0 Å². The van der Waals surface area contributed by atoms with E-state index in [2.05, 4.69) is 33.7 Å². The Morgan fingerprint density at radius 3 is 3.12 bits per heavy atom. The summed E-state index contributed by atoms with van der Waals surface area (Å²) in [5, 5.41) is 6.83. The Morgan fingerprint density at radius 2 is 2.33 bits per heavy atom. The summed E-state index contributed by atoms with van der Waals surface area (Å²) in [5.74, 6) is 1.84. The van der Waals surface area contributed by atoms with Crippen LogP contribution in [0.15, 0.2) is 24.0 Å². The first-order valence-electron chi connectivity index (χ1n) is 8.33. The smallest absolute Gasteiger partial charge is 0.138 e. The summed E-state index contributed by atoms with van der Waals surface area (Å²) in [6, 6.07) is 2.43. The van der Waals surface area contributed by atoms with Gasteiger partial charge in [-0.25, -0.2) is 15.0 Å². The molecule has 1 N–H and O–H groups in total. The van der Waals surface area contributed by atoms with Crippen LogP contribution in [-0.4, -0.2) is 32.2 Å². The van der Waals surface area contributed by atoms with E-state index in [4.69, 9.17) is 9.72 Å². The number of imidazole rings is 1. The van der Waals surface area contributed by atoms with Crippen LogP contribution in [0.4, 0.5) is 5.82 Å². The van der Waals surface area contributed by atoms with E-state index in [0.29, 0.717) is 6.04 Å². The van der Waals surface area contributed by atoms with E-state index in [9.17, 15) is 0 Å². The Bertz CT molecular complexity index is 842. The average molecular weight is 343 g/mol. The van der Waals surface area contributed by atoms with Crippen LogP contribution in [0.1, 0.15) is 37.4 Å². The molecule has 1 aliphatic rings. The molecular formula is C17H21N5OS. The van der Waals surface area contributed by atoms with Crippen LogP contribution in [0.5, 0.6) is 0 Å². The molecule has 0 amide bonds. The van der Waals surface area contributed by atoms with Gasteiger partial charge in [-0.15, -0.1) is 11.3 Å².